The molecule has 1 heterocycles. The molecule has 98 valence electrons. The van der Waals surface area contributed by atoms with Gasteiger partial charge in [0.15, 0.2) is 0 Å². The first-order valence-corrected chi connectivity index (χ1v) is 6.21. The zero-order valence-electron chi connectivity index (χ0n) is 11.0. The van der Waals surface area contributed by atoms with Gasteiger partial charge in [0.25, 0.3) is 0 Å². The highest BCUT2D eigenvalue weighted by Gasteiger charge is 2.17. The third kappa shape index (κ3) is 3.80. The van der Waals surface area contributed by atoms with Gasteiger partial charge in [-0.15, -0.1) is 0 Å². The Morgan fingerprint density at radius 2 is 2.29 bits per heavy atom. The Kier molecular flexibility index (Phi) is 5.61. The van der Waals surface area contributed by atoms with Gasteiger partial charge in [0, 0.05) is 44.0 Å². The SMILES string of the molecule is CCc1nn(C)cc1C(CN)NC(C)CCO. The van der Waals surface area contributed by atoms with Crippen LogP contribution in [0.5, 0.6) is 0 Å². The number of nitrogens with two attached hydrogens (primary N) is 1. The monoisotopic (exact) mass is 240 g/mol. The summed E-state index contributed by atoms with van der Waals surface area (Å²) in [6, 6.07) is 0.360. The Morgan fingerprint density at radius 3 is 2.82 bits per heavy atom. The zero-order valence-corrected chi connectivity index (χ0v) is 11.0. The topological polar surface area (TPSA) is 76.1 Å². The Hall–Kier alpha value is -0.910. The smallest absolute Gasteiger partial charge is 0.0670 e. The van der Waals surface area contributed by atoms with Crippen molar-refractivity contribution in [3.8, 4) is 0 Å². The number of aliphatic hydroxyl groups excluding tert-OH is 1. The largest absolute Gasteiger partial charge is 0.396 e. The molecule has 0 aliphatic carbocycles. The molecule has 0 saturated heterocycles. The molecule has 0 aliphatic heterocycles. The van der Waals surface area contributed by atoms with Crippen LogP contribution in [0.3, 0.4) is 0 Å². The summed E-state index contributed by atoms with van der Waals surface area (Å²) in [5.74, 6) is 0. The Bertz CT molecular complexity index is 337. The van der Waals surface area contributed by atoms with Gasteiger partial charge in [0.1, 0.15) is 0 Å². The van der Waals surface area contributed by atoms with Crippen LogP contribution >= 0.6 is 0 Å². The normalized spacial score (nSPS) is 14.9. The predicted octanol–water partition coefficient (Wildman–Crippen LogP) is 0.343. The lowest BCUT2D eigenvalue weighted by Crippen LogP contribution is -2.35. The number of aromatic nitrogens is 2. The van der Waals surface area contributed by atoms with E-state index in [0.717, 1.165) is 18.5 Å². The Balaban J connectivity index is 2.78. The summed E-state index contributed by atoms with van der Waals surface area (Å²) in [6.07, 6.45) is 3.66. The first-order chi connectivity index (χ1) is 8.12. The fourth-order valence-corrected chi connectivity index (χ4v) is 2.02. The maximum Gasteiger partial charge on any atom is 0.0670 e. The molecule has 0 bridgehead atoms. The van der Waals surface area contributed by atoms with Crippen LogP contribution in [-0.4, -0.2) is 34.1 Å². The number of nitrogens with one attached hydrogen (secondary N) is 1. The summed E-state index contributed by atoms with van der Waals surface area (Å²) < 4.78 is 1.83. The van der Waals surface area contributed by atoms with Crippen molar-refractivity contribution in [2.45, 2.75) is 38.8 Å². The number of hydrogen-bond acceptors (Lipinski definition) is 4. The second kappa shape index (κ2) is 6.74. The van der Waals surface area contributed by atoms with Crippen molar-refractivity contribution in [2.75, 3.05) is 13.2 Å². The molecule has 1 rings (SSSR count). The molecule has 17 heavy (non-hydrogen) atoms. The molecule has 4 N–H and O–H groups in total. The molecule has 5 nitrogen and oxygen atoms in total. The second-order valence-corrected chi connectivity index (χ2v) is 4.43. The highest BCUT2D eigenvalue weighted by molar-refractivity contribution is 5.22. The van der Waals surface area contributed by atoms with E-state index in [1.807, 2.05) is 17.9 Å². The highest BCUT2D eigenvalue weighted by atomic mass is 16.3. The lowest BCUT2D eigenvalue weighted by molar-refractivity contribution is 0.263. The molecule has 1 aromatic rings. The third-order valence-corrected chi connectivity index (χ3v) is 2.93. The molecule has 0 aromatic carbocycles. The molecule has 2 atom stereocenters. The minimum absolute atomic E-state index is 0.111. The molecule has 0 saturated carbocycles. The quantitative estimate of drug-likeness (QED) is 0.642. The van der Waals surface area contributed by atoms with Gasteiger partial charge in [-0.1, -0.05) is 6.92 Å². The van der Waals surface area contributed by atoms with Gasteiger partial charge in [0.2, 0.25) is 0 Å². The number of aliphatic hydroxyl groups is 1. The van der Waals surface area contributed by atoms with E-state index in [-0.39, 0.29) is 18.7 Å². The molecule has 2 unspecified atom stereocenters. The summed E-state index contributed by atoms with van der Waals surface area (Å²) in [5.41, 5.74) is 8.08. The van der Waals surface area contributed by atoms with Gasteiger partial charge >= 0.3 is 0 Å². The van der Waals surface area contributed by atoms with Crippen LogP contribution in [0.2, 0.25) is 0 Å². The van der Waals surface area contributed by atoms with E-state index in [1.54, 1.807) is 0 Å². The van der Waals surface area contributed by atoms with E-state index >= 15 is 0 Å². The van der Waals surface area contributed by atoms with Gasteiger partial charge in [0.05, 0.1) is 5.69 Å². The maximum absolute atomic E-state index is 8.91. The molecular weight excluding hydrogens is 216 g/mol. The standard InChI is InChI=1S/C12H24N4O/c1-4-11-10(8-16(3)15-11)12(7-13)14-9(2)5-6-17/h8-9,12,14,17H,4-7,13H2,1-3H3. The average Bonchev–Trinajstić information content (AvgIpc) is 2.67. The Morgan fingerprint density at radius 1 is 1.59 bits per heavy atom. The molecule has 0 fully saturated rings. The summed E-state index contributed by atoms with van der Waals surface area (Å²) >= 11 is 0. The van der Waals surface area contributed by atoms with Crippen LogP contribution in [0.15, 0.2) is 6.20 Å². The lowest BCUT2D eigenvalue weighted by Gasteiger charge is -2.21. The van der Waals surface area contributed by atoms with E-state index in [1.165, 1.54) is 5.56 Å². The second-order valence-electron chi connectivity index (χ2n) is 4.43. The van der Waals surface area contributed by atoms with Gasteiger partial charge < -0.3 is 16.2 Å². The van der Waals surface area contributed by atoms with Crippen LogP contribution in [0.1, 0.15) is 37.6 Å². The summed E-state index contributed by atoms with van der Waals surface area (Å²) in [6.45, 7) is 4.88. The lowest BCUT2D eigenvalue weighted by atomic mass is 10.0. The Labute approximate surface area is 103 Å². The van der Waals surface area contributed by atoms with Crippen LogP contribution in [-0.2, 0) is 13.5 Å². The summed E-state index contributed by atoms with van der Waals surface area (Å²) in [4.78, 5) is 0. The molecular formula is C12H24N4O. The van der Waals surface area contributed by atoms with E-state index in [9.17, 15) is 0 Å². The maximum atomic E-state index is 8.91. The molecule has 0 radical (unpaired) electrons. The molecule has 1 aromatic heterocycles. The predicted molar refractivity (Wildman–Crippen MR) is 68.7 cm³/mol. The van der Waals surface area contributed by atoms with Gasteiger partial charge in [-0.25, -0.2) is 0 Å². The van der Waals surface area contributed by atoms with Crippen LogP contribution in [0.4, 0.5) is 0 Å². The minimum Gasteiger partial charge on any atom is -0.396 e. The van der Waals surface area contributed by atoms with Gasteiger partial charge in [-0.05, 0) is 19.8 Å². The van der Waals surface area contributed by atoms with E-state index in [2.05, 4.69) is 24.3 Å². The van der Waals surface area contributed by atoms with E-state index in [0.29, 0.717) is 6.54 Å². The summed E-state index contributed by atoms with van der Waals surface area (Å²) in [7, 11) is 1.92. The van der Waals surface area contributed by atoms with Crippen molar-refractivity contribution in [2.24, 2.45) is 12.8 Å². The van der Waals surface area contributed by atoms with Gasteiger partial charge in [-0.3, -0.25) is 4.68 Å². The molecule has 0 aliphatic rings. The summed E-state index contributed by atoms with van der Waals surface area (Å²) in [5, 5.41) is 16.8. The first kappa shape index (κ1) is 14.2. The number of aryl methyl sites for hydroxylation is 2. The number of rotatable bonds is 7. The van der Waals surface area contributed by atoms with Crippen molar-refractivity contribution < 1.29 is 5.11 Å². The minimum atomic E-state index is 0.111. The van der Waals surface area contributed by atoms with Crippen LogP contribution < -0.4 is 11.1 Å². The number of hydrogen-bond donors (Lipinski definition) is 3. The van der Waals surface area contributed by atoms with Gasteiger partial charge in [-0.2, -0.15) is 5.10 Å². The molecule has 0 spiro atoms. The average molecular weight is 240 g/mol. The van der Waals surface area contributed by atoms with Crippen molar-refractivity contribution in [1.82, 2.24) is 15.1 Å². The fraction of sp³-hybridized carbons (Fsp3) is 0.750. The van der Waals surface area contributed by atoms with Crippen LogP contribution in [0, 0.1) is 0 Å². The van der Waals surface area contributed by atoms with E-state index in [4.69, 9.17) is 10.8 Å². The van der Waals surface area contributed by atoms with Crippen molar-refractivity contribution in [3.63, 3.8) is 0 Å². The fourth-order valence-electron chi connectivity index (χ4n) is 2.02. The first-order valence-electron chi connectivity index (χ1n) is 6.21. The molecule has 5 heteroatoms. The zero-order chi connectivity index (χ0) is 12.8. The third-order valence-electron chi connectivity index (χ3n) is 2.93. The van der Waals surface area contributed by atoms with Crippen LogP contribution in [0.25, 0.3) is 0 Å². The van der Waals surface area contributed by atoms with Crippen molar-refractivity contribution in [3.05, 3.63) is 17.5 Å². The van der Waals surface area contributed by atoms with E-state index < -0.39 is 0 Å². The molecule has 0 amide bonds. The van der Waals surface area contributed by atoms with Crippen molar-refractivity contribution >= 4 is 0 Å². The van der Waals surface area contributed by atoms with Crippen molar-refractivity contribution in [1.29, 1.82) is 0 Å². The highest BCUT2D eigenvalue weighted by Crippen LogP contribution is 2.17. The number of nitrogens with zero attached hydrogens (tertiary/aromatic N) is 2.